The van der Waals surface area contributed by atoms with Gasteiger partial charge >= 0.3 is 0 Å². The summed E-state index contributed by atoms with van der Waals surface area (Å²) >= 11 is 0. The zero-order valence-electron chi connectivity index (χ0n) is 6.53. The van der Waals surface area contributed by atoms with Gasteiger partial charge in [-0.1, -0.05) is 13.8 Å². The van der Waals surface area contributed by atoms with E-state index < -0.39 is 0 Å². The SMILES string of the molecule is CC(C)C(=O)NC1=CC=N[N]1. The molecule has 1 aliphatic rings. The van der Waals surface area contributed by atoms with Crippen molar-refractivity contribution in [3.8, 4) is 0 Å². The highest BCUT2D eigenvalue weighted by atomic mass is 16.2. The lowest BCUT2D eigenvalue weighted by Crippen LogP contribution is -2.29. The molecule has 0 saturated carbocycles. The number of nitrogens with one attached hydrogen (secondary N) is 1. The number of hydrogen-bond donors (Lipinski definition) is 1. The predicted octanol–water partition coefficient (Wildman–Crippen LogP) is 0.204. The summed E-state index contributed by atoms with van der Waals surface area (Å²) in [4.78, 5) is 11.0. The standard InChI is InChI=1S/C7H10N3O/c1-5(2)7(11)9-6-3-4-8-10-6/h3-5H,1-2H3,(H,9,11). The maximum absolute atomic E-state index is 11.0. The summed E-state index contributed by atoms with van der Waals surface area (Å²) in [6.45, 7) is 3.65. The summed E-state index contributed by atoms with van der Waals surface area (Å²) < 4.78 is 0. The second-order valence-electron chi connectivity index (χ2n) is 2.56. The van der Waals surface area contributed by atoms with Crippen molar-refractivity contribution in [2.45, 2.75) is 13.8 Å². The maximum Gasteiger partial charge on any atom is 0.228 e. The van der Waals surface area contributed by atoms with Crippen LogP contribution in [0.15, 0.2) is 17.0 Å². The van der Waals surface area contributed by atoms with Crippen LogP contribution in [0.2, 0.25) is 0 Å². The number of hydrogen-bond acceptors (Lipinski definition) is 2. The van der Waals surface area contributed by atoms with Crippen LogP contribution in [-0.4, -0.2) is 12.1 Å². The van der Waals surface area contributed by atoms with Gasteiger partial charge in [0.15, 0.2) is 5.82 Å². The Morgan fingerprint density at radius 3 is 2.82 bits per heavy atom. The third-order valence-corrected chi connectivity index (χ3v) is 1.24. The van der Waals surface area contributed by atoms with Crippen molar-refractivity contribution in [2.75, 3.05) is 0 Å². The molecule has 1 radical (unpaired) electrons. The first-order chi connectivity index (χ1) is 5.20. The summed E-state index contributed by atoms with van der Waals surface area (Å²) in [5.74, 6) is 0.459. The summed E-state index contributed by atoms with van der Waals surface area (Å²) in [5.41, 5.74) is 3.66. The van der Waals surface area contributed by atoms with E-state index in [1.807, 2.05) is 13.8 Å². The molecule has 0 saturated heterocycles. The first-order valence-electron chi connectivity index (χ1n) is 3.45. The smallest absolute Gasteiger partial charge is 0.228 e. The molecule has 1 heterocycles. The highest BCUT2D eigenvalue weighted by molar-refractivity contribution is 5.82. The van der Waals surface area contributed by atoms with Gasteiger partial charge in [-0.05, 0) is 0 Å². The molecule has 0 bridgehead atoms. The zero-order chi connectivity index (χ0) is 8.27. The third kappa shape index (κ3) is 2.07. The van der Waals surface area contributed by atoms with Crippen molar-refractivity contribution in [2.24, 2.45) is 11.0 Å². The molecular formula is C7H10N3O. The van der Waals surface area contributed by atoms with Crippen LogP contribution < -0.4 is 10.7 Å². The van der Waals surface area contributed by atoms with E-state index in [-0.39, 0.29) is 11.8 Å². The number of carbonyl (C=O) groups is 1. The van der Waals surface area contributed by atoms with Crippen LogP contribution in [0.1, 0.15) is 13.8 Å². The van der Waals surface area contributed by atoms with Gasteiger partial charge in [-0.2, -0.15) is 5.10 Å². The Morgan fingerprint density at radius 1 is 1.64 bits per heavy atom. The van der Waals surface area contributed by atoms with Crippen LogP contribution in [-0.2, 0) is 4.79 Å². The van der Waals surface area contributed by atoms with E-state index >= 15 is 0 Å². The molecule has 0 aliphatic carbocycles. The quantitative estimate of drug-likeness (QED) is 0.604. The molecule has 0 unspecified atom stereocenters. The highest BCUT2D eigenvalue weighted by Crippen LogP contribution is 1.96. The Labute approximate surface area is 65.4 Å². The summed E-state index contributed by atoms with van der Waals surface area (Å²) in [5, 5.41) is 6.18. The Hall–Kier alpha value is -1.32. The van der Waals surface area contributed by atoms with Crippen molar-refractivity contribution in [3.05, 3.63) is 11.9 Å². The number of allylic oxidation sites excluding steroid dienone is 1. The molecule has 4 heteroatoms. The number of carbonyl (C=O) groups excluding carboxylic acids is 1. The van der Waals surface area contributed by atoms with Crippen molar-refractivity contribution < 1.29 is 4.79 Å². The van der Waals surface area contributed by atoms with Crippen molar-refractivity contribution in [1.29, 1.82) is 0 Å². The minimum absolute atomic E-state index is 0.0216. The molecule has 0 aromatic carbocycles. The van der Waals surface area contributed by atoms with Gasteiger partial charge in [0, 0.05) is 12.0 Å². The molecule has 0 aromatic heterocycles. The molecule has 4 nitrogen and oxygen atoms in total. The lowest BCUT2D eigenvalue weighted by molar-refractivity contribution is -0.123. The number of nitrogens with zero attached hydrogens (tertiary/aromatic N) is 2. The molecule has 0 atom stereocenters. The fourth-order valence-electron chi connectivity index (χ4n) is 0.570. The Kier molecular flexibility index (Phi) is 2.25. The van der Waals surface area contributed by atoms with Crippen molar-refractivity contribution >= 4 is 12.1 Å². The van der Waals surface area contributed by atoms with E-state index in [0.717, 1.165) is 0 Å². The molecule has 1 rings (SSSR count). The summed E-state index contributed by atoms with van der Waals surface area (Å²) in [6.07, 6.45) is 3.19. The normalized spacial score (nSPS) is 14.6. The van der Waals surface area contributed by atoms with Crippen molar-refractivity contribution in [1.82, 2.24) is 10.7 Å². The molecule has 0 fully saturated rings. The van der Waals surface area contributed by atoms with Crippen LogP contribution in [0.25, 0.3) is 0 Å². The van der Waals surface area contributed by atoms with Crippen LogP contribution in [0.3, 0.4) is 0 Å². The van der Waals surface area contributed by atoms with Gasteiger partial charge in [-0.15, -0.1) is 5.43 Å². The second-order valence-corrected chi connectivity index (χ2v) is 2.56. The lowest BCUT2D eigenvalue weighted by atomic mass is 10.2. The van der Waals surface area contributed by atoms with Crippen LogP contribution >= 0.6 is 0 Å². The van der Waals surface area contributed by atoms with Gasteiger partial charge in [0.2, 0.25) is 5.91 Å². The fraction of sp³-hybridized carbons (Fsp3) is 0.429. The van der Waals surface area contributed by atoms with Gasteiger partial charge < -0.3 is 5.32 Å². The van der Waals surface area contributed by atoms with Gasteiger partial charge in [-0.3, -0.25) is 4.79 Å². The van der Waals surface area contributed by atoms with Crippen LogP contribution in [0.4, 0.5) is 0 Å². The molecule has 0 spiro atoms. The van der Waals surface area contributed by atoms with Crippen molar-refractivity contribution in [3.63, 3.8) is 0 Å². The Bertz CT molecular complexity index is 218. The van der Waals surface area contributed by atoms with Crippen LogP contribution in [0, 0.1) is 5.92 Å². The molecule has 11 heavy (non-hydrogen) atoms. The topological polar surface area (TPSA) is 55.6 Å². The second kappa shape index (κ2) is 3.18. The number of amides is 1. The monoisotopic (exact) mass is 152 g/mol. The lowest BCUT2D eigenvalue weighted by Gasteiger charge is -2.05. The Morgan fingerprint density at radius 2 is 2.36 bits per heavy atom. The van der Waals surface area contributed by atoms with Crippen LogP contribution in [0.5, 0.6) is 0 Å². The Balaban J connectivity index is 2.37. The van der Waals surface area contributed by atoms with E-state index in [4.69, 9.17) is 0 Å². The van der Waals surface area contributed by atoms with E-state index in [0.29, 0.717) is 5.82 Å². The molecule has 59 valence electrons. The highest BCUT2D eigenvalue weighted by Gasteiger charge is 2.10. The first kappa shape index (κ1) is 7.78. The average Bonchev–Trinajstić information content (AvgIpc) is 2.39. The van der Waals surface area contributed by atoms with Gasteiger partial charge in [0.05, 0.1) is 6.21 Å². The van der Waals surface area contributed by atoms with E-state index in [1.165, 1.54) is 6.21 Å². The average molecular weight is 152 g/mol. The third-order valence-electron chi connectivity index (χ3n) is 1.24. The molecule has 0 aromatic rings. The largest absolute Gasteiger partial charge is 0.309 e. The number of rotatable bonds is 2. The van der Waals surface area contributed by atoms with E-state index in [9.17, 15) is 4.79 Å². The van der Waals surface area contributed by atoms with Gasteiger partial charge in [0.1, 0.15) is 0 Å². The maximum atomic E-state index is 11.0. The summed E-state index contributed by atoms with van der Waals surface area (Å²) in [6, 6.07) is 0. The van der Waals surface area contributed by atoms with E-state index in [1.54, 1.807) is 6.08 Å². The zero-order valence-corrected chi connectivity index (χ0v) is 6.53. The minimum Gasteiger partial charge on any atom is -0.309 e. The van der Waals surface area contributed by atoms with Gasteiger partial charge in [-0.25, -0.2) is 0 Å². The minimum atomic E-state index is -0.0366. The van der Waals surface area contributed by atoms with Gasteiger partial charge in [0.25, 0.3) is 0 Å². The molecule has 1 amide bonds. The van der Waals surface area contributed by atoms with E-state index in [2.05, 4.69) is 15.8 Å². The first-order valence-corrected chi connectivity index (χ1v) is 3.45. The molecule has 1 N–H and O–H groups in total. The molecule has 1 aliphatic heterocycles. The predicted molar refractivity (Wildman–Crippen MR) is 41.7 cm³/mol. The fourth-order valence-corrected chi connectivity index (χ4v) is 0.570. The summed E-state index contributed by atoms with van der Waals surface area (Å²) in [7, 11) is 0. The molecular weight excluding hydrogens is 142 g/mol.